The van der Waals surface area contributed by atoms with Crippen LogP contribution in [0.15, 0.2) is 12.1 Å². The van der Waals surface area contributed by atoms with E-state index in [2.05, 4.69) is 10.2 Å². The summed E-state index contributed by atoms with van der Waals surface area (Å²) in [6.07, 6.45) is 1.66. The van der Waals surface area contributed by atoms with Gasteiger partial charge in [-0.25, -0.2) is 4.39 Å². The van der Waals surface area contributed by atoms with Gasteiger partial charge in [-0.05, 0) is 18.9 Å². The van der Waals surface area contributed by atoms with E-state index in [1.807, 2.05) is 0 Å². The maximum atomic E-state index is 14.3. The van der Waals surface area contributed by atoms with E-state index in [-0.39, 0.29) is 18.4 Å². The van der Waals surface area contributed by atoms with Crippen LogP contribution in [0.2, 0.25) is 0 Å². The number of hydrogen-bond donors (Lipinski definition) is 1. The highest BCUT2D eigenvalue weighted by molar-refractivity contribution is 5.62. The first-order valence-electron chi connectivity index (χ1n) is 6.31. The van der Waals surface area contributed by atoms with E-state index < -0.39 is 27.8 Å². The topological polar surface area (TPSA) is 99.9 Å². The number of rotatable bonds is 4. The molecule has 9 heteroatoms. The Morgan fingerprint density at radius 3 is 2.67 bits per heavy atom. The van der Waals surface area contributed by atoms with Crippen molar-refractivity contribution in [2.45, 2.75) is 25.4 Å². The molecule has 0 unspecified atom stereocenters. The normalized spacial score (nSPS) is 14.4. The number of nitrogens with zero attached hydrogens (tertiary/aromatic N) is 4. The second kappa shape index (κ2) is 4.85. The molecule has 1 heterocycles. The highest BCUT2D eigenvalue weighted by atomic mass is 19.1. The van der Waals surface area contributed by atoms with Gasteiger partial charge in [0.2, 0.25) is 5.82 Å². The summed E-state index contributed by atoms with van der Waals surface area (Å²) in [5.74, 6) is -1.83. The Bertz CT molecular complexity index is 727. The monoisotopic (exact) mass is 295 g/mol. The van der Waals surface area contributed by atoms with Crippen molar-refractivity contribution in [3.8, 4) is 11.4 Å². The van der Waals surface area contributed by atoms with Crippen molar-refractivity contribution >= 4 is 5.69 Å². The highest BCUT2D eigenvalue weighted by Gasteiger charge is 2.33. The van der Waals surface area contributed by atoms with Crippen LogP contribution in [0.25, 0.3) is 11.4 Å². The Labute approximate surface area is 117 Å². The zero-order valence-electron chi connectivity index (χ0n) is 10.8. The summed E-state index contributed by atoms with van der Waals surface area (Å²) in [5, 5.41) is 18.4. The maximum Gasteiger partial charge on any atom is 0.305 e. The van der Waals surface area contributed by atoms with Crippen LogP contribution < -0.4 is 5.73 Å². The zero-order valence-corrected chi connectivity index (χ0v) is 10.8. The van der Waals surface area contributed by atoms with Gasteiger partial charge in [0, 0.05) is 12.1 Å². The standard InChI is InChI=1S/C12H11F2N5O2/c13-7-3-4-8(19(20)21)11(14)10(7)12-17-16-9(5-15)18(12)6-1-2-6/h3-4,6H,1-2,5,15H2. The summed E-state index contributed by atoms with van der Waals surface area (Å²) in [6.45, 7) is 0.0711. The van der Waals surface area contributed by atoms with Crippen LogP contribution in [-0.2, 0) is 6.54 Å². The second-order valence-electron chi connectivity index (χ2n) is 4.76. The third-order valence-corrected chi connectivity index (χ3v) is 3.35. The molecule has 0 aliphatic heterocycles. The minimum absolute atomic E-state index is 0.0339. The SMILES string of the molecule is NCc1nnc(-c2c(F)ccc([N+](=O)[O-])c2F)n1C1CC1. The first kappa shape index (κ1) is 13.6. The highest BCUT2D eigenvalue weighted by Crippen LogP contribution is 2.40. The molecule has 3 rings (SSSR count). The molecule has 1 aromatic heterocycles. The molecule has 2 N–H and O–H groups in total. The fourth-order valence-corrected chi connectivity index (χ4v) is 2.24. The predicted molar refractivity (Wildman–Crippen MR) is 68.2 cm³/mol. The third-order valence-electron chi connectivity index (χ3n) is 3.35. The smallest absolute Gasteiger partial charge is 0.305 e. The van der Waals surface area contributed by atoms with Gasteiger partial charge >= 0.3 is 5.69 Å². The molecule has 1 saturated carbocycles. The van der Waals surface area contributed by atoms with Gasteiger partial charge in [-0.15, -0.1) is 10.2 Å². The molecule has 2 aromatic rings. The minimum Gasteiger partial charge on any atom is -0.324 e. The van der Waals surface area contributed by atoms with E-state index in [1.165, 1.54) is 0 Å². The van der Waals surface area contributed by atoms with Gasteiger partial charge in [-0.2, -0.15) is 4.39 Å². The number of nitrogens with two attached hydrogens (primary N) is 1. The van der Waals surface area contributed by atoms with Gasteiger partial charge < -0.3 is 10.3 Å². The van der Waals surface area contributed by atoms with Crippen LogP contribution in [0.4, 0.5) is 14.5 Å². The fraction of sp³-hybridized carbons (Fsp3) is 0.333. The molecule has 0 spiro atoms. The Morgan fingerprint density at radius 2 is 2.10 bits per heavy atom. The van der Waals surface area contributed by atoms with Crippen molar-refractivity contribution in [3.05, 3.63) is 39.7 Å². The van der Waals surface area contributed by atoms with Crippen molar-refractivity contribution < 1.29 is 13.7 Å². The molecular formula is C12H11F2N5O2. The lowest BCUT2D eigenvalue weighted by Crippen LogP contribution is -2.09. The first-order chi connectivity index (χ1) is 10.0. The van der Waals surface area contributed by atoms with Crippen LogP contribution in [0.1, 0.15) is 24.7 Å². The number of nitro benzene ring substituents is 1. The van der Waals surface area contributed by atoms with Crippen molar-refractivity contribution in [1.29, 1.82) is 0 Å². The molecule has 0 amide bonds. The molecule has 1 fully saturated rings. The lowest BCUT2D eigenvalue weighted by molar-refractivity contribution is -0.387. The van der Waals surface area contributed by atoms with Gasteiger partial charge in [0.25, 0.3) is 0 Å². The van der Waals surface area contributed by atoms with Gasteiger partial charge in [0.1, 0.15) is 11.6 Å². The molecule has 110 valence electrons. The molecule has 21 heavy (non-hydrogen) atoms. The molecule has 1 aliphatic carbocycles. The fourth-order valence-electron chi connectivity index (χ4n) is 2.24. The largest absolute Gasteiger partial charge is 0.324 e. The van der Waals surface area contributed by atoms with Gasteiger partial charge in [-0.1, -0.05) is 0 Å². The van der Waals surface area contributed by atoms with Crippen LogP contribution in [-0.4, -0.2) is 19.7 Å². The summed E-state index contributed by atoms with van der Waals surface area (Å²) in [5.41, 5.74) is 4.20. The number of benzene rings is 1. The second-order valence-corrected chi connectivity index (χ2v) is 4.76. The summed E-state index contributed by atoms with van der Waals surface area (Å²) in [7, 11) is 0. The van der Waals surface area contributed by atoms with Gasteiger partial charge in [0.05, 0.1) is 17.0 Å². The first-order valence-corrected chi connectivity index (χ1v) is 6.31. The van der Waals surface area contributed by atoms with Crippen LogP contribution in [0.5, 0.6) is 0 Å². The number of halogens is 2. The quantitative estimate of drug-likeness (QED) is 0.686. The molecule has 1 aromatic carbocycles. The van der Waals surface area contributed by atoms with Crippen molar-refractivity contribution in [3.63, 3.8) is 0 Å². The molecule has 1 aliphatic rings. The van der Waals surface area contributed by atoms with Crippen LogP contribution >= 0.6 is 0 Å². The van der Waals surface area contributed by atoms with Crippen molar-refractivity contribution in [2.24, 2.45) is 5.73 Å². The Hall–Kier alpha value is -2.42. The number of aromatic nitrogens is 3. The average Bonchev–Trinajstić information content (AvgIpc) is 3.19. The van der Waals surface area contributed by atoms with E-state index in [1.54, 1.807) is 4.57 Å². The number of nitro groups is 1. The van der Waals surface area contributed by atoms with Crippen molar-refractivity contribution in [2.75, 3.05) is 0 Å². The molecule has 7 nitrogen and oxygen atoms in total. The molecule has 0 atom stereocenters. The minimum atomic E-state index is -1.25. The Balaban J connectivity index is 2.23. The number of hydrogen-bond acceptors (Lipinski definition) is 5. The zero-order chi connectivity index (χ0) is 15.1. The average molecular weight is 295 g/mol. The van der Waals surface area contributed by atoms with E-state index in [9.17, 15) is 18.9 Å². The van der Waals surface area contributed by atoms with E-state index in [0.717, 1.165) is 25.0 Å². The summed E-state index contributed by atoms with van der Waals surface area (Å²) in [4.78, 5) is 9.89. The van der Waals surface area contributed by atoms with Gasteiger partial charge in [0.15, 0.2) is 5.82 Å². The molecule has 0 bridgehead atoms. The molecular weight excluding hydrogens is 284 g/mol. The lowest BCUT2D eigenvalue weighted by Gasteiger charge is -2.09. The van der Waals surface area contributed by atoms with E-state index in [4.69, 9.17) is 5.73 Å². The maximum absolute atomic E-state index is 14.3. The van der Waals surface area contributed by atoms with E-state index in [0.29, 0.717) is 5.82 Å². The molecule has 0 saturated heterocycles. The molecule has 0 radical (unpaired) electrons. The Morgan fingerprint density at radius 1 is 1.38 bits per heavy atom. The van der Waals surface area contributed by atoms with Crippen LogP contribution in [0, 0.1) is 21.7 Å². The predicted octanol–water partition coefficient (Wildman–Crippen LogP) is 1.93. The Kier molecular flexibility index (Phi) is 3.13. The van der Waals surface area contributed by atoms with Crippen molar-refractivity contribution in [1.82, 2.24) is 14.8 Å². The summed E-state index contributed by atoms with van der Waals surface area (Å²) in [6, 6.07) is 1.67. The lowest BCUT2D eigenvalue weighted by atomic mass is 10.1. The third kappa shape index (κ3) is 2.15. The van der Waals surface area contributed by atoms with E-state index >= 15 is 0 Å². The van der Waals surface area contributed by atoms with Crippen LogP contribution in [0.3, 0.4) is 0 Å². The summed E-state index contributed by atoms with van der Waals surface area (Å²) < 4.78 is 29.8. The summed E-state index contributed by atoms with van der Waals surface area (Å²) >= 11 is 0. The van der Waals surface area contributed by atoms with Gasteiger partial charge in [-0.3, -0.25) is 10.1 Å².